The maximum Gasteiger partial charge on any atom is 1.00 e. The predicted octanol–water partition coefficient (Wildman–Crippen LogP) is -1.40. The molecule has 2 unspecified atom stereocenters. The molecule has 1 heterocycles. The number of esters is 2. The minimum atomic E-state index is -1.33. The van der Waals surface area contributed by atoms with Gasteiger partial charge in [0, 0.05) is 43.6 Å². The van der Waals surface area contributed by atoms with Gasteiger partial charge in [-0.25, -0.2) is 4.85 Å². The number of carbonyl (C=O) groups excluding carboxylic acids is 4. The first-order chi connectivity index (χ1) is 27.4. The zero-order valence-corrected chi connectivity index (χ0v) is 39.5. The number of hydrogen-bond acceptors (Lipinski definition) is 16. The first-order valence-corrected chi connectivity index (χ1v) is 19.1. The monoisotopic (exact) mass is 853 g/mol. The van der Waals surface area contributed by atoms with Crippen LogP contribution in [0.2, 0.25) is 0 Å². The second-order valence-electron chi connectivity index (χ2n) is 12.4. The van der Waals surface area contributed by atoms with Gasteiger partial charge in [-0.15, -0.1) is 21.6 Å². The molecule has 0 amide bonds. The summed E-state index contributed by atoms with van der Waals surface area (Å²) in [5.41, 5.74) is 3.12. The van der Waals surface area contributed by atoms with Crippen molar-refractivity contribution in [2.24, 2.45) is 22.1 Å². The van der Waals surface area contributed by atoms with Gasteiger partial charge in [0.05, 0.1) is 69.3 Å². The molecule has 0 N–H and O–H groups in total. The van der Waals surface area contributed by atoms with Gasteiger partial charge in [0.2, 0.25) is 5.00 Å². The van der Waals surface area contributed by atoms with Crippen LogP contribution in [0.25, 0.3) is 4.85 Å². The summed E-state index contributed by atoms with van der Waals surface area (Å²) >= 11 is 1.11. The Hall–Kier alpha value is -3.46. The number of aliphatic carboxylic acids is 2. The van der Waals surface area contributed by atoms with Crippen molar-refractivity contribution in [2.45, 2.75) is 53.4 Å². The van der Waals surface area contributed by atoms with E-state index in [1.807, 2.05) is 24.0 Å². The Labute approximate surface area is 394 Å². The summed E-state index contributed by atoms with van der Waals surface area (Å²) in [4.78, 5) is 52.2. The molecule has 1 aromatic heterocycles. The van der Waals surface area contributed by atoms with Crippen molar-refractivity contribution >= 4 is 56.6 Å². The van der Waals surface area contributed by atoms with E-state index in [0.717, 1.165) is 22.6 Å². The summed E-state index contributed by atoms with van der Waals surface area (Å²) < 4.78 is 27.4. The number of nitriles is 1. The van der Waals surface area contributed by atoms with E-state index in [1.165, 1.54) is 0 Å². The number of anilines is 1. The van der Waals surface area contributed by atoms with Crippen LogP contribution in [-0.4, -0.2) is 89.8 Å². The first-order valence-electron chi connectivity index (χ1n) is 18.3. The number of benzene rings is 1. The van der Waals surface area contributed by atoms with E-state index in [2.05, 4.69) is 21.1 Å². The molecule has 59 heavy (non-hydrogen) atoms. The van der Waals surface area contributed by atoms with E-state index in [4.69, 9.17) is 30.3 Å². The Bertz CT molecular complexity index is 1810. The number of carboxylic acid groups (broad SMARTS) is 2. The fourth-order valence-electron chi connectivity index (χ4n) is 5.15. The van der Waals surface area contributed by atoms with E-state index in [9.17, 15) is 34.7 Å². The van der Waals surface area contributed by atoms with Gasteiger partial charge in [-0.05, 0) is 69.9 Å². The van der Waals surface area contributed by atoms with Crippen LogP contribution in [0.15, 0.2) is 52.7 Å². The van der Waals surface area contributed by atoms with Gasteiger partial charge in [0.15, 0.2) is 0 Å². The van der Waals surface area contributed by atoms with Gasteiger partial charge in [-0.2, -0.15) is 5.26 Å². The fraction of sp³-hybridized carbons (Fsp3) is 0.500. The average molecular weight is 854 g/mol. The molecule has 19 heteroatoms. The molecular weight excluding hydrogens is 805 g/mol. The minimum Gasteiger partial charge on any atom is -0.550 e. The molecule has 2 aromatic rings. The van der Waals surface area contributed by atoms with Gasteiger partial charge in [0.1, 0.15) is 24.3 Å². The van der Waals surface area contributed by atoms with Gasteiger partial charge in [-0.1, -0.05) is 24.3 Å². The Morgan fingerprint density at radius 2 is 1.32 bits per heavy atom. The number of nitrogens with zero attached hydrogens (tertiary/aromatic N) is 5. The molecule has 2 atom stereocenters. The number of azo groups is 1. The van der Waals surface area contributed by atoms with Crippen molar-refractivity contribution in [3.63, 3.8) is 0 Å². The molecule has 0 fully saturated rings. The number of allylic oxidation sites excluding steroid dienone is 4. The topological polar surface area (TPSA) is 217 Å². The molecule has 0 saturated carbocycles. The molecule has 0 saturated heterocycles. The van der Waals surface area contributed by atoms with Crippen molar-refractivity contribution in [2.75, 3.05) is 70.8 Å². The summed E-state index contributed by atoms with van der Waals surface area (Å²) in [6, 6.07) is 7.68. The van der Waals surface area contributed by atoms with Gasteiger partial charge in [0.25, 0.3) is 0 Å². The number of thiophene rings is 1. The number of aryl methyl sites for hydroxylation is 1. The van der Waals surface area contributed by atoms with Gasteiger partial charge < -0.3 is 48.4 Å². The van der Waals surface area contributed by atoms with Crippen LogP contribution < -0.4 is 74.2 Å². The molecular formula is C40H49N5Na2O11S. The maximum atomic E-state index is 12.4. The van der Waals surface area contributed by atoms with E-state index in [0.29, 0.717) is 46.5 Å². The summed E-state index contributed by atoms with van der Waals surface area (Å²) in [6.45, 7) is 16.5. The van der Waals surface area contributed by atoms with E-state index >= 15 is 0 Å². The van der Waals surface area contributed by atoms with Crippen LogP contribution in [0.3, 0.4) is 0 Å². The second-order valence-corrected chi connectivity index (χ2v) is 13.4. The molecule has 0 radical (unpaired) electrons. The number of hydrogen-bond donors (Lipinski definition) is 0. The second kappa shape index (κ2) is 32.3. The Morgan fingerprint density at radius 1 is 0.831 bits per heavy atom. The molecule has 0 spiro atoms. The summed E-state index contributed by atoms with van der Waals surface area (Å²) in [6.07, 6.45) is 6.44. The van der Waals surface area contributed by atoms with Crippen LogP contribution in [0.1, 0.15) is 56.2 Å². The normalized spacial score (nSPS) is 12.0. The SMILES string of the molecule is [C-]#[N+]c1sc(N=Nc2ccc(N(CCOCCOCCOC(=O)C(C/C=C/C)CC(=O)[O-])CCOCCOC(=O)C(C/C=C/C)CC(=O)[O-])cc2C)c(C#N)c1C.[Na+].[Na+]. The van der Waals surface area contributed by atoms with E-state index in [-0.39, 0.29) is 118 Å². The van der Waals surface area contributed by atoms with E-state index < -0.39 is 48.6 Å². The van der Waals surface area contributed by atoms with Crippen molar-refractivity contribution in [3.8, 4) is 6.07 Å². The third kappa shape index (κ3) is 21.6. The molecule has 0 aliphatic heterocycles. The third-order valence-electron chi connectivity index (χ3n) is 8.24. The zero-order valence-electron chi connectivity index (χ0n) is 34.7. The molecule has 308 valence electrons. The van der Waals surface area contributed by atoms with Crippen LogP contribution in [0.5, 0.6) is 0 Å². The Kier molecular flexibility index (Phi) is 30.4. The third-order valence-corrected chi connectivity index (χ3v) is 9.31. The van der Waals surface area contributed by atoms with Crippen LogP contribution in [-0.2, 0) is 42.9 Å². The molecule has 0 bridgehead atoms. The largest absolute Gasteiger partial charge is 1.00 e. The molecule has 1 aromatic carbocycles. The zero-order chi connectivity index (χ0) is 42.0. The predicted molar refractivity (Wildman–Crippen MR) is 207 cm³/mol. The summed E-state index contributed by atoms with van der Waals surface area (Å²) in [5.74, 6) is -5.59. The smallest absolute Gasteiger partial charge is 0.550 e. The average Bonchev–Trinajstić information content (AvgIpc) is 3.50. The van der Waals surface area contributed by atoms with Crippen LogP contribution >= 0.6 is 11.3 Å². The van der Waals surface area contributed by atoms with Crippen molar-refractivity contribution < 1.29 is 112 Å². The first kappa shape index (κ1) is 55.5. The van der Waals surface area contributed by atoms with Crippen molar-refractivity contribution in [1.29, 1.82) is 5.26 Å². The standard InChI is InChI=1S/C40H51N5O11S.2Na/c1-6-8-10-30(25-35(46)47)39(50)55-22-20-53-17-15-45(14-16-52-18-19-54-21-23-56-40(51)31(11-9-7-2)26-36(48)49)32-12-13-34(28(3)24-32)43-44-38-33(27-41)29(4)37(42-5)57-38;;/h6-9,12-13,24,30-31H,10-11,14-23,25-26H2,1-4H3,(H,46,47)(H,48,49);;/q;2*+1/p-2/b8-6+,9-7+,44-43?;;. The van der Waals surface area contributed by atoms with Crippen molar-refractivity contribution in [3.05, 3.63) is 70.6 Å². The summed E-state index contributed by atoms with van der Waals surface area (Å²) in [7, 11) is 0. The minimum absolute atomic E-state index is 0. The number of carboxylic acids is 2. The Morgan fingerprint density at radius 3 is 1.76 bits per heavy atom. The van der Waals surface area contributed by atoms with Crippen LogP contribution in [0, 0.1) is 43.6 Å². The number of ether oxygens (including phenoxy) is 5. The van der Waals surface area contributed by atoms with E-state index in [1.54, 1.807) is 51.1 Å². The Balaban J connectivity index is 0.0000168. The number of carbonyl (C=O) groups is 4. The van der Waals surface area contributed by atoms with Crippen LogP contribution in [0.4, 0.5) is 21.4 Å². The van der Waals surface area contributed by atoms with Gasteiger partial charge >= 0.3 is 71.1 Å². The molecule has 16 nitrogen and oxygen atoms in total. The fourth-order valence-corrected chi connectivity index (χ4v) is 6.02. The number of rotatable bonds is 28. The summed E-state index contributed by atoms with van der Waals surface area (Å²) in [5, 5.41) is 40.9. The molecule has 0 aliphatic carbocycles. The molecule has 2 rings (SSSR count). The van der Waals surface area contributed by atoms with Crippen molar-refractivity contribution in [1.82, 2.24) is 0 Å². The maximum absolute atomic E-state index is 12.4. The molecule has 0 aliphatic rings. The quantitative estimate of drug-likeness (QED) is 0.0241. The van der Waals surface area contributed by atoms with Gasteiger partial charge in [-0.3, -0.25) is 9.59 Å².